The number of Topliss-reactive ketones (excluding diaryl/α,β-unsaturated/α-hetero) is 1. The zero-order chi connectivity index (χ0) is 33.0. The van der Waals surface area contributed by atoms with E-state index in [1.54, 1.807) is 4.68 Å². The van der Waals surface area contributed by atoms with Gasteiger partial charge in [0.15, 0.2) is 11.5 Å². The van der Waals surface area contributed by atoms with Crippen molar-refractivity contribution in [2.75, 3.05) is 13.1 Å². The number of alkyl halides is 1. The number of hydrogen-bond acceptors (Lipinski definition) is 4. The number of piperidine rings is 1. The highest BCUT2D eigenvalue weighted by Gasteiger charge is 2.35. The number of aliphatic hydroxyl groups excluding tert-OH is 1. The van der Waals surface area contributed by atoms with Crippen LogP contribution in [0.5, 0.6) is 0 Å². The number of benzene rings is 1. The highest BCUT2D eigenvalue weighted by atomic mass is 19.1. The molecule has 1 saturated heterocycles. The summed E-state index contributed by atoms with van der Waals surface area (Å²) in [5.74, 6) is 0.594. The van der Waals surface area contributed by atoms with Gasteiger partial charge in [-0.25, -0.2) is 4.39 Å². The lowest BCUT2D eigenvalue weighted by atomic mass is 10.1. The molecule has 0 radical (unpaired) electrons. The van der Waals surface area contributed by atoms with Crippen molar-refractivity contribution < 1.29 is 19.1 Å². The number of ketones is 1. The van der Waals surface area contributed by atoms with Gasteiger partial charge < -0.3 is 10.0 Å². The molecule has 6 nitrogen and oxygen atoms in total. The second kappa shape index (κ2) is 17.8. The number of halogens is 1. The van der Waals surface area contributed by atoms with Crippen molar-refractivity contribution in [3.8, 4) is 0 Å². The summed E-state index contributed by atoms with van der Waals surface area (Å²) in [6, 6.07) is 6.38. The van der Waals surface area contributed by atoms with Crippen LogP contribution in [-0.2, 0) is 24.2 Å². The molecule has 5 rings (SSSR count). The average molecular weight is 614 g/mol. The number of nitrogens with zero attached hydrogens (tertiary/aromatic N) is 3. The second-order valence-corrected chi connectivity index (χ2v) is 13.8. The zero-order valence-corrected chi connectivity index (χ0v) is 29.1. The number of aromatic nitrogens is 2. The molecule has 1 aromatic carbocycles. The number of rotatable bonds is 7. The molecule has 1 saturated carbocycles. The van der Waals surface area contributed by atoms with Gasteiger partial charge in [-0.05, 0) is 94.2 Å². The number of carbonyl (C=O) groups excluding carboxylic acids is 2. The van der Waals surface area contributed by atoms with Crippen LogP contribution in [0.1, 0.15) is 131 Å². The summed E-state index contributed by atoms with van der Waals surface area (Å²) in [4.78, 5) is 25.4. The largest absolute Gasteiger partial charge is 0.390 e. The van der Waals surface area contributed by atoms with E-state index in [4.69, 9.17) is 0 Å². The van der Waals surface area contributed by atoms with Gasteiger partial charge in [0.2, 0.25) is 0 Å². The van der Waals surface area contributed by atoms with Crippen LogP contribution in [0.25, 0.3) is 0 Å². The highest BCUT2D eigenvalue weighted by Crippen LogP contribution is 2.47. The summed E-state index contributed by atoms with van der Waals surface area (Å²) in [6.45, 7) is 19.7. The first kappa shape index (κ1) is 37.6. The predicted molar refractivity (Wildman–Crippen MR) is 179 cm³/mol. The van der Waals surface area contributed by atoms with Crippen LogP contribution in [-0.4, -0.2) is 56.8 Å². The van der Waals surface area contributed by atoms with Crippen molar-refractivity contribution in [2.45, 2.75) is 145 Å². The van der Waals surface area contributed by atoms with Gasteiger partial charge in [0.25, 0.3) is 5.91 Å². The molecule has 2 aromatic rings. The molecule has 2 heterocycles. The van der Waals surface area contributed by atoms with E-state index in [1.165, 1.54) is 67.0 Å². The molecule has 2 fully saturated rings. The normalized spacial score (nSPS) is 19.5. The maximum Gasteiger partial charge on any atom is 0.274 e. The maximum atomic E-state index is 13.6. The van der Waals surface area contributed by atoms with Crippen LogP contribution < -0.4 is 0 Å². The van der Waals surface area contributed by atoms with E-state index in [9.17, 15) is 19.1 Å². The Kier molecular flexibility index (Phi) is 15.2. The number of carbonyl (C=O) groups is 2. The third-order valence-corrected chi connectivity index (χ3v) is 9.34. The summed E-state index contributed by atoms with van der Waals surface area (Å²) < 4.78 is 15.3. The van der Waals surface area contributed by atoms with Crippen molar-refractivity contribution in [2.24, 2.45) is 11.3 Å². The Morgan fingerprint density at radius 3 is 2.18 bits per heavy atom. The molecule has 1 N–H and O–H groups in total. The van der Waals surface area contributed by atoms with Crippen LogP contribution in [0.15, 0.2) is 18.2 Å². The van der Waals surface area contributed by atoms with E-state index in [-0.39, 0.29) is 31.2 Å². The van der Waals surface area contributed by atoms with Gasteiger partial charge in [0, 0.05) is 17.8 Å². The Hall–Kier alpha value is -2.54. The van der Waals surface area contributed by atoms with Crippen molar-refractivity contribution in [1.82, 2.24) is 14.7 Å². The third kappa shape index (κ3) is 11.8. The van der Waals surface area contributed by atoms with E-state index < -0.39 is 12.3 Å². The molecule has 1 aliphatic heterocycles. The molecule has 3 aliphatic rings. The highest BCUT2D eigenvalue weighted by molar-refractivity contribution is 5.94. The van der Waals surface area contributed by atoms with E-state index in [2.05, 4.69) is 78.7 Å². The third-order valence-electron chi connectivity index (χ3n) is 9.34. The van der Waals surface area contributed by atoms with E-state index in [1.807, 2.05) is 0 Å². The number of fused-ring (bicyclic) bond motifs is 1. The fourth-order valence-corrected chi connectivity index (χ4v) is 5.33. The van der Waals surface area contributed by atoms with Gasteiger partial charge in [-0.1, -0.05) is 78.5 Å². The average Bonchev–Trinajstić information content (AvgIpc) is 3.37. The lowest BCUT2D eigenvalue weighted by molar-refractivity contribution is -0.117. The first-order valence-electron chi connectivity index (χ1n) is 16.9. The van der Waals surface area contributed by atoms with Crippen LogP contribution in [0, 0.1) is 32.1 Å². The predicted octanol–water partition coefficient (Wildman–Crippen LogP) is 8.15. The van der Waals surface area contributed by atoms with Crippen molar-refractivity contribution in [1.29, 1.82) is 0 Å². The number of aliphatic hydroxyl groups is 1. The van der Waals surface area contributed by atoms with Crippen LogP contribution in [0.3, 0.4) is 0 Å². The Labute approximate surface area is 266 Å². The fraction of sp³-hybridized carbons (Fsp3) is 0.703. The van der Waals surface area contributed by atoms with Crippen molar-refractivity contribution in [3.63, 3.8) is 0 Å². The molecular weight excluding hydrogens is 553 g/mol. The first-order chi connectivity index (χ1) is 20.7. The van der Waals surface area contributed by atoms with Crippen LogP contribution in [0.4, 0.5) is 4.39 Å². The molecule has 44 heavy (non-hydrogen) atoms. The fourth-order valence-electron chi connectivity index (χ4n) is 5.33. The van der Waals surface area contributed by atoms with Gasteiger partial charge in [-0.15, -0.1) is 0 Å². The van der Waals surface area contributed by atoms with Crippen molar-refractivity contribution in [3.05, 3.63) is 51.8 Å². The van der Waals surface area contributed by atoms with Crippen LogP contribution in [0.2, 0.25) is 0 Å². The Bertz CT molecular complexity index is 1180. The van der Waals surface area contributed by atoms with Crippen LogP contribution >= 0.6 is 0 Å². The topological polar surface area (TPSA) is 75.4 Å². The zero-order valence-electron chi connectivity index (χ0n) is 29.1. The molecule has 1 aromatic heterocycles. The summed E-state index contributed by atoms with van der Waals surface area (Å²) in [5.41, 5.74) is 7.17. The molecule has 0 bridgehead atoms. The molecule has 2 unspecified atom stereocenters. The van der Waals surface area contributed by atoms with Gasteiger partial charge in [0.1, 0.15) is 6.17 Å². The molecule has 248 valence electrons. The minimum Gasteiger partial charge on any atom is -0.390 e. The van der Waals surface area contributed by atoms with Gasteiger partial charge in [0.05, 0.1) is 19.2 Å². The molecule has 7 heteroatoms. The van der Waals surface area contributed by atoms with Gasteiger partial charge in [-0.3, -0.25) is 14.3 Å². The monoisotopic (exact) mass is 613 g/mol. The van der Waals surface area contributed by atoms with E-state index >= 15 is 0 Å². The maximum absolute atomic E-state index is 13.6. The Morgan fingerprint density at radius 1 is 1.11 bits per heavy atom. The summed E-state index contributed by atoms with van der Waals surface area (Å²) in [6.07, 6.45) is 8.83. The molecular formula is C37H60FN3O3. The minimum atomic E-state index is -1.41. The lowest BCUT2D eigenvalue weighted by Gasteiger charge is -2.31. The molecule has 0 spiro atoms. The number of unbranched alkanes of at least 4 members (excludes halogenated alkanes) is 1. The number of amides is 1. The number of hydrogen-bond donors (Lipinski definition) is 1. The Morgan fingerprint density at radius 2 is 1.75 bits per heavy atom. The smallest absolute Gasteiger partial charge is 0.274 e. The number of likely N-dealkylation sites (tertiary alicyclic amines) is 1. The number of aryl methyl sites for hydroxylation is 2. The van der Waals surface area contributed by atoms with E-state index in [0.29, 0.717) is 12.2 Å². The molecule has 2 aliphatic carbocycles. The molecule has 1 amide bonds. The first-order valence-corrected chi connectivity index (χ1v) is 16.9. The SMILES string of the molecule is CC(=O)Cn1nc(C(=O)N2CCC(O)C(F)C2)c2c1CCC2.CCC1(C)CC1.CCCCC(C)C.Cc1cccc(C)c1C. The summed E-state index contributed by atoms with van der Waals surface area (Å²) in [7, 11) is 0. The van der Waals surface area contributed by atoms with Crippen molar-refractivity contribution >= 4 is 11.7 Å². The Balaban J connectivity index is 0.000000250. The lowest BCUT2D eigenvalue weighted by Crippen LogP contribution is -2.47. The minimum absolute atomic E-state index is 0.0129. The quantitative estimate of drug-likeness (QED) is 0.342. The second-order valence-electron chi connectivity index (χ2n) is 13.8. The van der Waals surface area contributed by atoms with E-state index in [0.717, 1.165) is 41.9 Å². The standard InChI is InChI=1S/C15H20FN3O3.C9H12.C7H16.C6H12/c1-9(20)7-19-12-4-2-3-10(12)14(17-19)15(22)18-6-5-13(21)11(16)8-18;1-7-5-4-6-8(2)9(7)3;1-4-5-6-7(2)3;1-3-6(2)4-5-6/h11,13,21H,2-8H2,1H3;4-6H,1-3H3;7H,4-6H2,1-3H3;3-5H2,1-2H3. The summed E-state index contributed by atoms with van der Waals surface area (Å²) in [5, 5.41) is 13.7. The van der Waals surface area contributed by atoms with Gasteiger partial charge >= 0.3 is 0 Å². The summed E-state index contributed by atoms with van der Waals surface area (Å²) >= 11 is 0. The van der Waals surface area contributed by atoms with Gasteiger partial charge in [-0.2, -0.15) is 5.10 Å². The molecule has 2 atom stereocenters.